The summed E-state index contributed by atoms with van der Waals surface area (Å²) in [6.45, 7) is 1.49. The summed E-state index contributed by atoms with van der Waals surface area (Å²) in [5.41, 5.74) is 6.71. The molecule has 1 aromatic rings. The summed E-state index contributed by atoms with van der Waals surface area (Å²) >= 11 is 0. The predicted octanol–water partition coefficient (Wildman–Crippen LogP) is 1.78. The smallest absolute Gasteiger partial charge is 0.141 e. The Morgan fingerprint density at radius 2 is 2.29 bits per heavy atom. The molecule has 1 saturated carbocycles. The van der Waals surface area contributed by atoms with Gasteiger partial charge >= 0.3 is 0 Å². The van der Waals surface area contributed by atoms with Gasteiger partial charge in [0.2, 0.25) is 0 Å². The number of nitrogens with two attached hydrogens (primary N) is 1. The molecule has 0 aliphatic heterocycles. The van der Waals surface area contributed by atoms with Crippen LogP contribution in [-0.2, 0) is 6.54 Å². The van der Waals surface area contributed by atoms with Gasteiger partial charge in [0.1, 0.15) is 5.82 Å². The average Bonchev–Trinajstić information content (AvgIpc) is 2.77. The second-order valence-corrected chi connectivity index (χ2v) is 4.92. The molecule has 3 nitrogen and oxygen atoms in total. The van der Waals surface area contributed by atoms with Crippen LogP contribution in [0.1, 0.15) is 24.8 Å². The number of pyridine rings is 1. The second kappa shape index (κ2) is 5.56. The van der Waals surface area contributed by atoms with Gasteiger partial charge < -0.3 is 5.73 Å². The van der Waals surface area contributed by atoms with Crippen molar-refractivity contribution in [2.24, 2.45) is 11.7 Å². The zero-order valence-electron chi connectivity index (χ0n) is 10.3. The van der Waals surface area contributed by atoms with Crippen molar-refractivity contribution >= 4 is 0 Å². The number of nitrogens with zero attached hydrogens (tertiary/aromatic N) is 2. The summed E-state index contributed by atoms with van der Waals surface area (Å²) in [6.07, 6.45) is 6.63. The van der Waals surface area contributed by atoms with E-state index in [2.05, 4.69) is 16.9 Å². The Kier molecular flexibility index (Phi) is 4.07. The third-order valence-corrected chi connectivity index (χ3v) is 3.68. The van der Waals surface area contributed by atoms with Gasteiger partial charge in [-0.3, -0.25) is 9.88 Å². The molecule has 2 atom stereocenters. The van der Waals surface area contributed by atoms with Gasteiger partial charge in [-0.05, 0) is 44.0 Å². The normalized spacial score (nSPS) is 24.5. The van der Waals surface area contributed by atoms with E-state index in [1.54, 1.807) is 12.3 Å². The fourth-order valence-electron chi connectivity index (χ4n) is 2.82. The minimum Gasteiger partial charge on any atom is -0.330 e. The second-order valence-electron chi connectivity index (χ2n) is 4.92. The Balaban J connectivity index is 1.99. The maximum Gasteiger partial charge on any atom is 0.141 e. The highest BCUT2D eigenvalue weighted by Crippen LogP contribution is 2.29. The molecule has 2 rings (SSSR count). The highest BCUT2D eigenvalue weighted by Gasteiger charge is 2.29. The first-order valence-electron chi connectivity index (χ1n) is 6.20. The monoisotopic (exact) mass is 237 g/mol. The van der Waals surface area contributed by atoms with E-state index in [1.807, 2.05) is 0 Å². The third-order valence-electron chi connectivity index (χ3n) is 3.68. The SMILES string of the molecule is CN(Cc1cncc(F)c1)C1CCCC1CN. The molecule has 2 unspecified atom stereocenters. The van der Waals surface area contributed by atoms with Gasteiger partial charge in [0.05, 0.1) is 6.20 Å². The summed E-state index contributed by atoms with van der Waals surface area (Å²) in [6, 6.07) is 2.08. The highest BCUT2D eigenvalue weighted by molar-refractivity contribution is 5.10. The lowest BCUT2D eigenvalue weighted by Crippen LogP contribution is -2.37. The molecule has 0 saturated heterocycles. The molecule has 0 amide bonds. The Morgan fingerprint density at radius 1 is 1.47 bits per heavy atom. The summed E-state index contributed by atoms with van der Waals surface area (Å²) < 4.78 is 13.0. The largest absolute Gasteiger partial charge is 0.330 e. The van der Waals surface area contributed by atoms with Gasteiger partial charge in [0, 0.05) is 18.8 Å². The van der Waals surface area contributed by atoms with E-state index in [9.17, 15) is 4.39 Å². The van der Waals surface area contributed by atoms with E-state index in [0.29, 0.717) is 12.0 Å². The van der Waals surface area contributed by atoms with Gasteiger partial charge in [-0.25, -0.2) is 4.39 Å². The van der Waals surface area contributed by atoms with Crippen molar-refractivity contribution in [3.63, 3.8) is 0 Å². The Morgan fingerprint density at radius 3 is 3.00 bits per heavy atom. The quantitative estimate of drug-likeness (QED) is 0.868. The minimum absolute atomic E-state index is 0.266. The lowest BCUT2D eigenvalue weighted by Gasteiger charge is -2.29. The van der Waals surface area contributed by atoms with E-state index < -0.39 is 0 Å². The minimum atomic E-state index is -0.266. The molecule has 0 spiro atoms. The molecular formula is C13H20FN3. The number of hydrogen-bond donors (Lipinski definition) is 1. The lowest BCUT2D eigenvalue weighted by molar-refractivity contribution is 0.192. The molecule has 0 aromatic carbocycles. The molecule has 1 aromatic heterocycles. The number of aromatic nitrogens is 1. The molecule has 94 valence electrons. The fraction of sp³-hybridized carbons (Fsp3) is 0.615. The molecule has 0 radical (unpaired) electrons. The van der Waals surface area contributed by atoms with Gasteiger partial charge in [0.15, 0.2) is 0 Å². The van der Waals surface area contributed by atoms with Crippen LogP contribution in [0.5, 0.6) is 0 Å². The van der Waals surface area contributed by atoms with Crippen LogP contribution in [0.25, 0.3) is 0 Å². The Labute approximate surface area is 102 Å². The van der Waals surface area contributed by atoms with Gasteiger partial charge in [0.25, 0.3) is 0 Å². The first-order valence-corrected chi connectivity index (χ1v) is 6.20. The van der Waals surface area contributed by atoms with E-state index in [0.717, 1.165) is 18.7 Å². The topological polar surface area (TPSA) is 42.2 Å². The summed E-state index contributed by atoms with van der Waals surface area (Å²) in [5, 5.41) is 0. The number of hydrogen-bond acceptors (Lipinski definition) is 3. The first-order chi connectivity index (χ1) is 8.20. The fourth-order valence-corrected chi connectivity index (χ4v) is 2.82. The van der Waals surface area contributed by atoms with Gasteiger partial charge in [-0.15, -0.1) is 0 Å². The molecule has 4 heteroatoms. The van der Waals surface area contributed by atoms with E-state index in [4.69, 9.17) is 5.73 Å². The van der Waals surface area contributed by atoms with Crippen molar-refractivity contribution in [2.75, 3.05) is 13.6 Å². The molecule has 17 heavy (non-hydrogen) atoms. The third kappa shape index (κ3) is 3.01. The van der Waals surface area contributed by atoms with E-state index >= 15 is 0 Å². The van der Waals surface area contributed by atoms with Crippen molar-refractivity contribution in [2.45, 2.75) is 31.8 Å². The maximum absolute atomic E-state index is 13.0. The highest BCUT2D eigenvalue weighted by atomic mass is 19.1. The number of halogens is 1. The van der Waals surface area contributed by atoms with Crippen molar-refractivity contribution in [1.82, 2.24) is 9.88 Å². The molecule has 0 bridgehead atoms. The van der Waals surface area contributed by atoms with Crippen LogP contribution in [0.2, 0.25) is 0 Å². The van der Waals surface area contributed by atoms with Crippen molar-refractivity contribution < 1.29 is 4.39 Å². The van der Waals surface area contributed by atoms with Crippen LogP contribution in [0.4, 0.5) is 4.39 Å². The van der Waals surface area contributed by atoms with Crippen LogP contribution in [0.15, 0.2) is 18.5 Å². The van der Waals surface area contributed by atoms with Crippen LogP contribution in [-0.4, -0.2) is 29.5 Å². The first kappa shape index (κ1) is 12.5. The summed E-state index contributed by atoms with van der Waals surface area (Å²) in [5.74, 6) is 0.319. The van der Waals surface area contributed by atoms with Crippen LogP contribution in [0.3, 0.4) is 0 Å². The maximum atomic E-state index is 13.0. The van der Waals surface area contributed by atoms with Crippen molar-refractivity contribution in [1.29, 1.82) is 0 Å². The molecule has 1 heterocycles. The van der Waals surface area contributed by atoms with E-state index in [-0.39, 0.29) is 5.82 Å². The van der Waals surface area contributed by atoms with Crippen LogP contribution >= 0.6 is 0 Å². The molecule has 1 aliphatic carbocycles. The predicted molar refractivity (Wildman–Crippen MR) is 65.8 cm³/mol. The van der Waals surface area contributed by atoms with Crippen LogP contribution in [0, 0.1) is 11.7 Å². The lowest BCUT2D eigenvalue weighted by atomic mass is 10.0. The van der Waals surface area contributed by atoms with Crippen LogP contribution < -0.4 is 5.73 Å². The van der Waals surface area contributed by atoms with Gasteiger partial charge in [-0.1, -0.05) is 6.42 Å². The molecule has 2 N–H and O–H groups in total. The average molecular weight is 237 g/mol. The zero-order valence-corrected chi connectivity index (χ0v) is 10.3. The molecule has 1 fully saturated rings. The van der Waals surface area contributed by atoms with Gasteiger partial charge in [-0.2, -0.15) is 0 Å². The Bertz CT molecular complexity index is 369. The molecule has 1 aliphatic rings. The summed E-state index contributed by atoms with van der Waals surface area (Å²) in [7, 11) is 2.09. The van der Waals surface area contributed by atoms with E-state index in [1.165, 1.54) is 25.5 Å². The number of rotatable bonds is 4. The summed E-state index contributed by atoms with van der Waals surface area (Å²) in [4.78, 5) is 6.16. The zero-order chi connectivity index (χ0) is 12.3. The molecular weight excluding hydrogens is 217 g/mol. The van der Waals surface area contributed by atoms with Crippen molar-refractivity contribution in [3.8, 4) is 0 Å². The standard InChI is InChI=1S/C13H20FN3/c1-17(13-4-2-3-11(13)6-15)9-10-5-12(14)8-16-7-10/h5,7-8,11,13H,2-4,6,9,15H2,1H3. The Hall–Kier alpha value is -1.00. The van der Waals surface area contributed by atoms with Crippen molar-refractivity contribution in [3.05, 3.63) is 29.8 Å².